The van der Waals surface area contributed by atoms with Gasteiger partial charge in [-0.2, -0.15) is 0 Å². The van der Waals surface area contributed by atoms with E-state index in [1.54, 1.807) is 27.1 Å². The number of ketones is 2. The predicted molar refractivity (Wildman–Crippen MR) is 123 cm³/mol. The van der Waals surface area contributed by atoms with Crippen LogP contribution in [0.1, 0.15) is 35.7 Å². The van der Waals surface area contributed by atoms with Gasteiger partial charge in [0.25, 0.3) is 5.91 Å². The highest BCUT2D eigenvalue weighted by Gasteiger charge is 2.59. The van der Waals surface area contributed by atoms with Crippen LogP contribution in [0.5, 0.6) is 5.75 Å². The molecule has 0 fully saturated rings. The molecule has 1 aromatic carbocycles. The normalized spacial score (nSPS) is 30.1. The first-order valence-electron chi connectivity index (χ1n) is 11.0. The molecule has 11 nitrogen and oxygen atoms in total. The van der Waals surface area contributed by atoms with E-state index in [4.69, 9.17) is 5.73 Å². The fraction of sp³-hybridized carbons (Fsp3) is 0.417. The van der Waals surface area contributed by atoms with Gasteiger partial charge >= 0.3 is 0 Å². The minimum Gasteiger partial charge on any atom is -0.511 e. The second-order valence-electron chi connectivity index (χ2n) is 9.49. The summed E-state index contributed by atoms with van der Waals surface area (Å²) >= 11 is 0. The Labute approximate surface area is 200 Å². The number of anilines is 1. The van der Waals surface area contributed by atoms with Crippen molar-refractivity contribution in [2.75, 3.05) is 19.4 Å². The summed E-state index contributed by atoms with van der Waals surface area (Å²) in [4.78, 5) is 51.9. The summed E-state index contributed by atoms with van der Waals surface area (Å²) in [6, 6.07) is 1.94. The second-order valence-corrected chi connectivity index (χ2v) is 9.49. The molecule has 2 amide bonds. The van der Waals surface area contributed by atoms with Crippen LogP contribution in [-0.2, 0) is 14.4 Å². The third-order valence-corrected chi connectivity index (χ3v) is 7.31. The highest BCUT2D eigenvalue weighted by molar-refractivity contribution is 6.22. The fourth-order valence-corrected chi connectivity index (χ4v) is 5.90. The van der Waals surface area contributed by atoms with Crippen molar-refractivity contribution in [3.8, 4) is 5.75 Å². The predicted octanol–water partition coefficient (Wildman–Crippen LogP) is 0.496. The van der Waals surface area contributed by atoms with E-state index in [-0.39, 0.29) is 16.8 Å². The number of amides is 2. The van der Waals surface area contributed by atoms with Crippen molar-refractivity contribution in [1.82, 2.24) is 4.90 Å². The summed E-state index contributed by atoms with van der Waals surface area (Å²) < 4.78 is 0. The molecule has 35 heavy (non-hydrogen) atoms. The lowest BCUT2D eigenvalue weighted by atomic mass is 9.57. The lowest BCUT2D eigenvalue weighted by molar-refractivity contribution is -0.131. The van der Waals surface area contributed by atoms with Gasteiger partial charge in [-0.15, -0.1) is 0 Å². The van der Waals surface area contributed by atoms with Crippen molar-refractivity contribution in [3.05, 3.63) is 45.9 Å². The number of aliphatic hydroxyl groups is 3. The van der Waals surface area contributed by atoms with Gasteiger partial charge in [0.1, 0.15) is 17.1 Å². The summed E-state index contributed by atoms with van der Waals surface area (Å²) in [5.41, 5.74) is 4.61. The quantitative estimate of drug-likeness (QED) is 0.261. The van der Waals surface area contributed by atoms with Crippen LogP contribution >= 0.6 is 0 Å². The number of carbonyl (C=O) groups excluding carboxylic acids is 4. The number of rotatable bonds is 3. The second kappa shape index (κ2) is 8.21. The highest BCUT2D eigenvalue weighted by Crippen LogP contribution is 2.54. The van der Waals surface area contributed by atoms with Crippen molar-refractivity contribution in [2.24, 2.45) is 23.5 Å². The van der Waals surface area contributed by atoms with Gasteiger partial charge in [0, 0.05) is 24.3 Å². The lowest BCUT2D eigenvalue weighted by Gasteiger charge is -2.50. The zero-order valence-electron chi connectivity index (χ0n) is 19.6. The molecule has 0 heterocycles. The Morgan fingerprint density at radius 3 is 2.26 bits per heavy atom. The van der Waals surface area contributed by atoms with Gasteiger partial charge in [-0.1, -0.05) is 13.0 Å². The zero-order chi connectivity index (χ0) is 26.1. The van der Waals surface area contributed by atoms with Gasteiger partial charge in [0.15, 0.2) is 17.3 Å². The minimum atomic E-state index is -1.51. The highest BCUT2D eigenvalue weighted by atomic mass is 16.3. The molecule has 7 N–H and O–H groups in total. The maximum Gasteiger partial charge on any atom is 0.255 e. The molecule has 0 spiro atoms. The molecular formula is C24H27N3O8. The molecule has 11 heteroatoms. The largest absolute Gasteiger partial charge is 0.511 e. The molecule has 6 atom stereocenters. The number of likely N-dealkylation sites (N-methyl/N-ethyl adjacent to an activating group) is 1. The maximum absolute atomic E-state index is 13.6. The zero-order valence-corrected chi connectivity index (χ0v) is 19.6. The van der Waals surface area contributed by atoms with Crippen LogP contribution < -0.4 is 11.1 Å². The first kappa shape index (κ1) is 24.4. The van der Waals surface area contributed by atoms with Crippen LogP contribution in [0.3, 0.4) is 0 Å². The molecule has 0 aromatic heterocycles. The molecule has 3 unspecified atom stereocenters. The van der Waals surface area contributed by atoms with Gasteiger partial charge in [-0.3, -0.25) is 24.1 Å². The van der Waals surface area contributed by atoms with E-state index < -0.39 is 82.0 Å². The Balaban J connectivity index is 1.96. The van der Waals surface area contributed by atoms with Crippen molar-refractivity contribution in [2.45, 2.75) is 31.9 Å². The van der Waals surface area contributed by atoms with Crippen molar-refractivity contribution < 1.29 is 39.6 Å². The Morgan fingerprint density at radius 2 is 1.71 bits per heavy atom. The number of primary amides is 1. The molecule has 3 aliphatic rings. The average molecular weight is 485 g/mol. The maximum atomic E-state index is 13.6. The number of benzene rings is 1. The molecule has 0 saturated carbocycles. The molecular weight excluding hydrogens is 458 g/mol. The number of fused-ring (bicyclic) bond motifs is 3. The molecule has 4 rings (SSSR count). The monoisotopic (exact) mass is 485 g/mol. The van der Waals surface area contributed by atoms with Crippen LogP contribution in [0, 0.1) is 17.8 Å². The standard InChI is InChI=1S/C24H27N3O8/c1-7-9-5-6-10(26-8(2)28)18(29)12(9)20(31)14-11(7)19(30)13-15(21(14)32)22(33)16(24(25)35)23(34)17(13)27(3)4/h5-7,11,13,15,17,19,29-30,32,34H,1-4H3,(H2,25,35)(H,26,28)/t7-,11?,13?,15?,17-,19-/m0/s1. The number of hydrogen-bond acceptors (Lipinski definition) is 9. The van der Waals surface area contributed by atoms with Crippen LogP contribution in [0.2, 0.25) is 0 Å². The van der Waals surface area contributed by atoms with Gasteiger partial charge in [-0.05, 0) is 31.6 Å². The van der Waals surface area contributed by atoms with Crippen LogP contribution in [0.25, 0.3) is 0 Å². The molecule has 0 saturated heterocycles. The summed E-state index contributed by atoms with van der Waals surface area (Å²) in [6.45, 7) is 2.94. The van der Waals surface area contributed by atoms with Gasteiger partial charge < -0.3 is 31.5 Å². The topological polar surface area (TPSA) is 190 Å². The molecule has 0 aliphatic heterocycles. The fourth-order valence-electron chi connectivity index (χ4n) is 5.90. The number of nitrogens with one attached hydrogen (secondary N) is 1. The number of nitrogens with zero attached hydrogens (tertiary/aromatic N) is 1. The van der Waals surface area contributed by atoms with Gasteiger partial charge in [-0.25, -0.2) is 0 Å². The molecule has 0 radical (unpaired) electrons. The van der Waals surface area contributed by atoms with Crippen molar-refractivity contribution in [1.29, 1.82) is 0 Å². The first-order valence-corrected chi connectivity index (χ1v) is 11.0. The Bertz CT molecular complexity index is 1250. The van der Waals surface area contributed by atoms with E-state index in [2.05, 4.69) is 5.32 Å². The van der Waals surface area contributed by atoms with Gasteiger partial charge in [0.05, 0.1) is 29.3 Å². The van der Waals surface area contributed by atoms with E-state index in [1.807, 2.05) is 0 Å². The number of phenols is 1. The molecule has 1 aromatic rings. The van der Waals surface area contributed by atoms with E-state index in [0.29, 0.717) is 5.56 Å². The van der Waals surface area contributed by atoms with Crippen LogP contribution in [0.4, 0.5) is 5.69 Å². The Morgan fingerprint density at radius 1 is 1.09 bits per heavy atom. The summed E-state index contributed by atoms with van der Waals surface area (Å²) in [7, 11) is 3.14. The number of allylic oxidation sites excluding steroid dienone is 1. The van der Waals surface area contributed by atoms with Crippen molar-refractivity contribution in [3.63, 3.8) is 0 Å². The minimum absolute atomic E-state index is 0.00476. The lowest BCUT2D eigenvalue weighted by Crippen LogP contribution is -2.59. The summed E-state index contributed by atoms with van der Waals surface area (Å²) in [5.74, 6) is -9.38. The van der Waals surface area contributed by atoms with E-state index in [1.165, 1.54) is 17.9 Å². The Kier molecular flexibility index (Phi) is 5.73. The van der Waals surface area contributed by atoms with E-state index >= 15 is 0 Å². The molecule has 3 aliphatic carbocycles. The smallest absolute Gasteiger partial charge is 0.255 e. The average Bonchev–Trinajstić information content (AvgIpc) is 2.74. The Hall–Kier alpha value is -3.70. The first-order chi connectivity index (χ1) is 16.3. The SMILES string of the molecule is CC(=O)Nc1ccc2c(c1O)C(=O)C1=C(O)C3C(=O)C(C(N)=O)=C(O)[C@@H](N(C)C)C3[C@@H](O)C1[C@H]2C. The number of nitrogens with two attached hydrogens (primary N) is 1. The van der Waals surface area contributed by atoms with Gasteiger partial charge in [0.2, 0.25) is 5.91 Å². The van der Waals surface area contributed by atoms with Crippen molar-refractivity contribution >= 4 is 29.1 Å². The molecule has 0 bridgehead atoms. The number of aliphatic hydroxyl groups excluding tert-OH is 3. The van der Waals surface area contributed by atoms with E-state index in [0.717, 1.165) is 0 Å². The number of carbonyl (C=O) groups is 4. The van der Waals surface area contributed by atoms with E-state index in [9.17, 15) is 39.6 Å². The number of aromatic hydroxyl groups is 1. The molecule has 186 valence electrons. The number of phenolic OH excluding ortho intramolecular Hbond substituents is 1. The summed E-state index contributed by atoms with van der Waals surface area (Å²) in [6.07, 6.45) is -1.39. The number of Topliss-reactive ketones (excluding diaryl/α,β-unsaturated/α-hetero) is 2. The number of hydrogen-bond donors (Lipinski definition) is 6. The van der Waals surface area contributed by atoms with Crippen LogP contribution in [0.15, 0.2) is 34.8 Å². The van der Waals surface area contributed by atoms with Crippen LogP contribution in [-0.4, -0.2) is 74.9 Å². The third kappa shape index (κ3) is 3.34. The third-order valence-electron chi connectivity index (χ3n) is 7.31. The summed E-state index contributed by atoms with van der Waals surface area (Å²) in [5, 5.41) is 46.8.